The van der Waals surface area contributed by atoms with Gasteiger partial charge in [0.15, 0.2) is 5.96 Å². The molecule has 1 aromatic carbocycles. The van der Waals surface area contributed by atoms with Crippen LogP contribution in [0.3, 0.4) is 0 Å². The Morgan fingerprint density at radius 2 is 2.05 bits per heavy atom. The molecule has 2 rings (SSSR count). The van der Waals surface area contributed by atoms with Crippen LogP contribution in [0.2, 0.25) is 0 Å². The minimum atomic E-state index is 0. The lowest BCUT2D eigenvalue weighted by atomic mass is 10.3. The van der Waals surface area contributed by atoms with Crippen LogP contribution >= 0.6 is 35.7 Å². The SMILES string of the molecule is COc1ccc(NC(N)=NCC2(SC)CC2)cc1.I. The number of benzene rings is 1. The van der Waals surface area contributed by atoms with Crippen LogP contribution < -0.4 is 15.8 Å². The van der Waals surface area contributed by atoms with Gasteiger partial charge >= 0.3 is 0 Å². The van der Waals surface area contributed by atoms with Gasteiger partial charge in [-0.1, -0.05) is 0 Å². The number of ether oxygens (including phenoxy) is 1. The molecule has 0 unspecified atom stereocenters. The fraction of sp³-hybridized carbons (Fsp3) is 0.462. The standard InChI is InChI=1S/C13H19N3OS.HI/c1-17-11-5-3-10(4-6-11)16-12(14)15-9-13(18-2)7-8-13;/h3-6H,7-9H2,1-2H3,(H3,14,15,16);1H. The van der Waals surface area contributed by atoms with E-state index in [1.165, 1.54) is 12.8 Å². The number of rotatable bonds is 5. The molecule has 1 aliphatic carbocycles. The molecular weight excluding hydrogens is 373 g/mol. The zero-order valence-electron chi connectivity index (χ0n) is 11.2. The van der Waals surface area contributed by atoms with Crippen molar-refractivity contribution >= 4 is 47.4 Å². The molecule has 0 radical (unpaired) electrons. The van der Waals surface area contributed by atoms with Crippen LogP contribution in [0, 0.1) is 0 Å². The van der Waals surface area contributed by atoms with Crippen molar-refractivity contribution in [2.75, 3.05) is 25.2 Å². The number of methoxy groups -OCH3 is 1. The first-order chi connectivity index (χ1) is 8.67. The molecular formula is C13H20IN3OS. The number of guanidine groups is 1. The molecule has 6 heteroatoms. The Bertz CT molecular complexity index is 432. The molecule has 1 fully saturated rings. The zero-order valence-corrected chi connectivity index (χ0v) is 14.3. The van der Waals surface area contributed by atoms with Crippen molar-refractivity contribution < 1.29 is 4.74 Å². The van der Waals surface area contributed by atoms with Gasteiger partial charge in [-0.25, -0.2) is 0 Å². The first kappa shape index (κ1) is 16.4. The lowest BCUT2D eigenvalue weighted by molar-refractivity contribution is 0.415. The highest BCUT2D eigenvalue weighted by Gasteiger charge is 2.41. The van der Waals surface area contributed by atoms with Gasteiger partial charge in [-0.3, -0.25) is 4.99 Å². The largest absolute Gasteiger partial charge is 0.497 e. The van der Waals surface area contributed by atoms with Gasteiger partial charge in [0.25, 0.3) is 0 Å². The van der Waals surface area contributed by atoms with E-state index in [1.807, 2.05) is 36.0 Å². The molecule has 0 bridgehead atoms. The van der Waals surface area contributed by atoms with Crippen LogP contribution in [0.1, 0.15) is 12.8 Å². The van der Waals surface area contributed by atoms with Crippen LogP contribution in [0.4, 0.5) is 5.69 Å². The van der Waals surface area contributed by atoms with Gasteiger partial charge in [-0.15, -0.1) is 24.0 Å². The van der Waals surface area contributed by atoms with Gasteiger partial charge < -0.3 is 15.8 Å². The first-order valence-electron chi connectivity index (χ1n) is 5.94. The number of hydrogen-bond donors (Lipinski definition) is 2. The molecule has 0 saturated heterocycles. The predicted molar refractivity (Wildman–Crippen MR) is 94.0 cm³/mol. The highest BCUT2D eigenvalue weighted by atomic mass is 127. The minimum Gasteiger partial charge on any atom is -0.497 e. The van der Waals surface area contributed by atoms with E-state index in [0.29, 0.717) is 10.7 Å². The molecule has 0 amide bonds. The van der Waals surface area contributed by atoms with Crippen molar-refractivity contribution in [1.29, 1.82) is 0 Å². The molecule has 3 N–H and O–H groups in total. The Balaban J connectivity index is 0.00000180. The average Bonchev–Trinajstić information content (AvgIpc) is 3.18. The van der Waals surface area contributed by atoms with E-state index in [2.05, 4.69) is 16.6 Å². The van der Waals surface area contributed by atoms with Crippen LogP contribution in [-0.2, 0) is 0 Å². The van der Waals surface area contributed by atoms with Crippen molar-refractivity contribution in [3.63, 3.8) is 0 Å². The monoisotopic (exact) mass is 393 g/mol. The molecule has 0 atom stereocenters. The fourth-order valence-corrected chi connectivity index (χ4v) is 2.36. The maximum atomic E-state index is 5.86. The maximum absolute atomic E-state index is 5.86. The van der Waals surface area contributed by atoms with Crippen LogP contribution in [0.15, 0.2) is 29.3 Å². The van der Waals surface area contributed by atoms with E-state index in [9.17, 15) is 0 Å². The Morgan fingerprint density at radius 3 is 2.53 bits per heavy atom. The van der Waals surface area contributed by atoms with Gasteiger partial charge in [0.05, 0.1) is 13.7 Å². The summed E-state index contributed by atoms with van der Waals surface area (Å²) in [4.78, 5) is 4.40. The van der Waals surface area contributed by atoms with Gasteiger partial charge in [0.2, 0.25) is 0 Å². The molecule has 0 spiro atoms. The number of hydrogen-bond acceptors (Lipinski definition) is 3. The van der Waals surface area contributed by atoms with Crippen molar-refractivity contribution in [3.8, 4) is 5.75 Å². The summed E-state index contributed by atoms with van der Waals surface area (Å²) in [5.74, 6) is 1.30. The Labute approximate surface area is 135 Å². The van der Waals surface area contributed by atoms with Crippen LogP contribution in [0.25, 0.3) is 0 Å². The summed E-state index contributed by atoms with van der Waals surface area (Å²) in [5, 5.41) is 3.08. The predicted octanol–water partition coefficient (Wildman–Crippen LogP) is 2.94. The van der Waals surface area contributed by atoms with Crippen LogP contribution in [-0.4, -0.2) is 30.6 Å². The molecule has 0 aromatic heterocycles. The Kier molecular flexibility index (Phi) is 6.25. The Hall–Kier alpha value is -0.630. The van der Waals surface area contributed by atoms with E-state index in [4.69, 9.17) is 10.5 Å². The van der Waals surface area contributed by atoms with E-state index in [-0.39, 0.29) is 24.0 Å². The molecule has 19 heavy (non-hydrogen) atoms. The molecule has 1 aromatic rings. The number of nitrogens with one attached hydrogen (secondary N) is 1. The topological polar surface area (TPSA) is 59.6 Å². The normalized spacial score (nSPS) is 16.4. The smallest absolute Gasteiger partial charge is 0.193 e. The van der Waals surface area contributed by atoms with Crippen molar-refractivity contribution in [3.05, 3.63) is 24.3 Å². The molecule has 106 valence electrons. The van der Waals surface area contributed by atoms with Crippen molar-refractivity contribution in [2.45, 2.75) is 17.6 Å². The summed E-state index contributed by atoms with van der Waals surface area (Å²) in [6.45, 7) is 0.795. The van der Waals surface area contributed by atoms with Gasteiger partial charge in [-0.05, 0) is 43.4 Å². The summed E-state index contributed by atoms with van der Waals surface area (Å²) in [6, 6.07) is 7.62. The highest BCUT2D eigenvalue weighted by Crippen LogP contribution is 2.47. The second kappa shape index (κ2) is 7.23. The second-order valence-electron chi connectivity index (χ2n) is 4.44. The summed E-state index contributed by atoms with van der Waals surface area (Å²) < 4.78 is 5.45. The lowest BCUT2D eigenvalue weighted by Gasteiger charge is -2.10. The van der Waals surface area contributed by atoms with Crippen molar-refractivity contribution in [2.24, 2.45) is 10.7 Å². The quantitative estimate of drug-likeness (QED) is 0.459. The number of anilines is 1. The Morgan fingerprint density at radius 1 is 1.42 bits per heavy atom. The van der Waals surface area contributed by atoms with Gasteiger partial charge in [-0.2, -0.15) is 11.8 Å². The number of nitrogens with zero attached hydrogens (tertiary/aromatic N) is 1. The van der Waals surface area contributed by atoms with Gasteiger partial charge in [0.1, 0.15) is 5.75 Å². The fourth-order valence-electron chi connectivity index (χ4n) is 1.66. The molecule has 0 heterocycles. The number of thioether (sulfide) groups is 1. The van der Waals surface area contributed by atoms with Crippen LogP contribution in [0.5, 0.6) is 5.75 Å². The molecule has 4 nitrogen and oxygen atoms in total. The summed E-state index contributed by atoms with van der Waals surface area (Å²) in [5.41, 5.74) is 6.79. The second-order valence-corrected chi connectivity index (χ2v) is 5.72. The lowest BCUT2D eigenvalue weighted by Crippen LogP contribution is -2.24. The van der Waals surface area contributed by atoms with E-state index >= 15 is 0 Å². The third-order valence-electron chi connectivity index (χ3n) is 3.14. The molecule has 1 saturated carbocycles. The maximum Gasteiger partial charge on any atom is 0.193 e. The van der Waals surface area contributed by atoms with Gasteiger partial charge in [0, 0.05) is 10.4 Å². The van der Waals surface area contributed by atoms with Crippen molar-refractivity contribution in [1.82, 2.24) is 0 Å². The molecule has 1 aliphatic rings. The van der Waals surface area contributed by atoms with E-state index in [0.717, 1.165) is 18.0 Å². The number of nitrogens with two attached hydrogens (primary N) is 1. The number of aliphatic imine (C=N–C) groups is 1. The first-order valence-corrected chi connectivity index (χ1v) is 7.16. The summed E-state index contributed by atoms with van der Waals surface area (Å²) >= 11 is 1.88. The average molecular weight is 393 g/mol. The van der Waals surface area contributed by atoms with E-state index < -0.39 is 0 Å². The zero-order chi connectivity index (χ0) is 13.0. The van der Waals surface area contributed by atoms with E-state index in [1.54, 1.807) is 7.11 Å². The molecule has 0 aliphatic heterocycles. The summed E-state index contributed by atoms with van der Waals surface area (Å²) in [6.07, 6.45) is 4.62. The summed E-state index contributed by atoms with van der Waals surface area (Å²) in [7, 11) is 1.65. The minimum absolute atomic E-state index is 0. The number of halogens is 1. The third kappa shape index (κ3) is 4.76. The highest BCUT2D eigenvalue weighted by molar-refractivity contribution is 14.0. The third-order valence-corrected chi connectivity index (χ3v) is 4.54.